The van der Waals surface area contributed by atoms with E-state index in [1.54, 1.807) is 40.2 Å². The van der Waals surface area contributed by atoms with Crippen LogP contribution in [0, 0.1) is 13.8 Å². The monoisotopic (exact) mass is 564 g/mol. The molecule has 11 heteroatoms. The molecule has 2 atom stereocenters. The number of benzene rings is 1. The lowest BCUT2D eigenvalue weighted by Gasteiger charge is -2.19. The molecule has 11 nitrogen and oxygen atoms in total. The topological polar surface area (TPSA) is 141 Å². The molecule has 0 bridgehead atoms. The Kier molecular flexibility index (Phi) is 8.85. The summed E-state index contributed by atoms with van der Waals surface area (Å²) in [4.78, 5) is 38.6. The Morgan fingerprint density at radius 2 is 1.83 bits per heavy atom. The minimum atomic E-state index is -0.720. The molecule has 218 valence electrons. The van der Waals surface area contributed by atoms with Gasteiger partial charge in [-0.15, -0.1) is 0 Å². The molecule has 1 heterocycles. The molecule has 0 radical (unpaired) electrons. The number of hydrogen-bond acceptors (Lipinski definition) is 9. The zero-order valence-electron chi connectivity index (χ0n) is 24.4. The Morgan fingerprint density at radius 3 is 2.44 bits per heavy atom. The van der Waals surface area contributed by atoms with Crippen molar-refractivity contribution in [1.82, 2.24) is 15.8 Å². The van der Waals surface area contributed by atoms with E-state index in [1.165, 1.54) is 20.1 Å². The van der Waals surface area contributed by atoms with Crippen LogP contribution >= 0.6 is 0 Å². The summed E-state index contributed by atoms with van der Waals surface area (Å²) in [5, 5.41) is 12.8. The minimum absolute atomic E-state index is 0.213. The van der Waals surface area contributed by atoms with Crippen molar-refractivity contribution in [3.05, 3.63) is 62.6 Å². The van der Waals surface area contributed by atoms with Crippen LogP contribution in [0.25, 0.3) is 11.1 Å². The van der Waals surface area contributed by atoms with Gasteiger partial charge < -0.3 is 34.7 Å². The van der Waals surface area contributed by atoms with Gasteiger partial charge in [-0.2, -0.15) is 0 Å². The van der Waals surface area contributed by atoms with E-state index in [1.807, 2.05) is 13.0 Å². The van der Waals surface area contributed by atoms with Crippen molar-refractivity contribution in [2.24, 2.45) is 0 Å². The fourth-order valence-corrected chi connectivity index (χ4v) is 5.21. The summed E-state index contributed by atoms with van der Waals surface area (Å²) in [6.07, 6.45) is 1.14. The van der Waals surface area contributed by atoms with Gasteiger partial charge in [0, 0.05) is 24.6 Å². The average Bonchev–Trinajstić information content (AvgIpc) is 3.09. The number of hydrogen-bond donors (Lipinski definition) is 3. The van der Waals surface area contributed by atoms with Gasteiger partial charge >= 0.3 is 0 Å². The fraction of sp³-hybridized carbons (Fsp3) is 0.400. The van der Waals surface area contributed by atoms with Crippen LogP contribution in [0.4, 0.5) is 5.69 Å². The maximum Gasteiger partial charge on any atom is 0.242 e. The van der Waals surface area contributed by atoms with Crippen molar-refractivity contribution in [2.45, 2.75) is 59.2 Å². The zero-order valence-corrected chi connectivity index (χ0v) is 24.4. The van der Waals surface area contributed by atoms with E-state index in [9.17, 15) is 14.4 Å². The van der Waals surface area contributed by atoms with Gasteiger partial charge in [0.2, 0.25) is 23.0 Å². The zero-order chi connectivity index (χ0) is 29.8. The Labute approximate surface area is 238 Å². The summed E-state index contributed by atoms with van der Waals surface area (Å²) >= 11 is 0. The molecule has 3 N–H and O–H groups in total. The van der Waals surface area contributed by atoms with Gasteiger partial charge in [-0.25, -0.2) is 0 Å². The largest absolute Gasteiger partial charge is 0.493 e. The summed E-state index contributed by atoms with van der Waals surface area (Å²) in [5.74, 6) is 1.54. The molecule has 1 aliphatic rings. The van der Waals surface area contributed by atoms with Crippen molar-refractivity contribution in [2.75, 3.05) is 26.6 Å². The molecule has 2 aromatic carbocycles. The molecule has 3 aromatic rings. The lowest BCUT2D eigenvalue weighted by atomic mass is 9.95. The molecule has 2 amide bonds. The number of fused-ring (bicyclic) bond motifs is 3. The van der Waals surface area contributed by atoms with Gasteiger partial charge in [0.05, 0.1) is 38.8 Å². The second-order valence-electron chi connectivity index (χ2n) is 9.98. The van der Waals surface area contributed by atoms with Crippen LogP contribution in [0.15, 0.2) is 33.6 Å². The Balaban J connectivity index is 1.76. The Bertz CT molecular complexity index is 1510. The van der Waals surface area contributed by atoms with Crippen LogP contribution in [-0.4, -0.2) is 44.3 Å². The lowest BCUT2D eigenvalue weighted by Crippen LogP contribution is -2.38. The molecule has 0 unspecified atom stereocenters. The van der Waals surface area contributed by atoms with Crippen LogP contribution in [0.5, 0.6) is 17.2 Å². The van der Waals surface area contributed by atoms with Crippen LogP contribution < -0.4 is 35.6 Å². The highest BCUT2D eigenvalue weighted by molar-refractivity contribution is 5.85. The Hall–Kier alpha value is -4.54. The number of anilines is 1. The molecule has 0 fully saturated rings. The predicted octanol–water partition coefficient (Wildman–Crippen LogP) is 3.58. The summed E-state index contributed by atoms with van der Waals surface area (Å²) in [6.45, 7) is 6.97. The first-order valence-corrected chi connectivity index (χ1v) is 13.3. The van der Waals surface area contributed by atoms with Crippen LogP contribution in [0.2, 0.25) is 0 Å². The third kappa shape index (κ3) is 5.98. The quantitative estimate of drug-likeness (QED) is 0.356. The molecule has 1 aliphatic carbocycles. The predicted molar refractivity (Wildman–Crippen MR) is 154 cm³/mol. The summed E-state index contributed by atoms with van der Waals surface area (Å²) < 4.78 is 22.2. The molecule has 1 aromatic heterocycles. The highest BCUT2D eigenvalue weighted by Crippen LogP contribution is 2.50. The van der Waals surface area contributed by atoms with Gasteiger partial charge in [0.1, 0.15) is 11.8 Å². The number of rotatable bonds is 9. The van der Waals surface area contributed by atoms with E-state index in [0.717, 1.165) is 16.7 Å². The lowest BCUT2D eigenvalue weighted by molar-refractivity contribution is -0.122. The van der Waals surface area contributed by atoms with Crippen molar-refractivity contribution in [3.63, 3.8) is 0 Å². The van der Waals surface area contributed by atoms with E-state index < -0.39 is 12.1 Å². The Morgan fingerprint density at radius 1 is 1.10 bits per heavy atom. The normalized spacial score (nSPS) is 14.6. The van der Waals surface area contributed by atoms with Gasteiger partial charge in [-0.1, -0.05) is 11.2 Å². The van der Waals surface area contributed by atoms with Gasteiger partial charge in [0.15, 0.2) is 11.5 Å². The maximum atomic E-state index is 13.5. The first-order valence-electron chi connectivity index (χ1n) is 13.3. The SMILES string of the molecule is COc1cc2c(c(OC)c1OC)-c1ccc(N[C@@H](C)C(=O)NCc3c(C)noc3C)c(=O)cc1[C@@H](NC(C)=O)CC2. The molecular weight excluding hydrogens is 528 g/mol. The third-order valence-corrected chi connectivity index (χ3v) is 7.30. The number of carbonyl (C=O) groups is 2. The molecule has 0 aliphatic heterocycles. The summed E-state index contributed by atoms with van der Waals surface area (Å²) in [5.41, 5.74) is 4.45. The number of aryl methyl sites for hydroxylation is 3. The van der Waals surface area contributed by atoms with Crippen molar-refractivity contribution in [3.8, 4) is 28.4 Å². The smallest absolute Gasteiger partial charge is 0.242 e. The number of nitrogens with zero attached hydrogens (tertiary/aromatic N) is 1. The van der Waals surface area contributed by atoms with Crippen LogP contribution in [0.3, 0.4) is 0 Å². The first kappa shape index (κ1) is 29.4. The highest BCUT2D eigenvalue weighted by Gasteiger charge is 2.29. The summed E-state index contributed by atoms with van der Waals surface area (Å²) in [6, 6.07) is 5.71. The average molecular weight is 565 g/mol. The molecule has 0 saturated carbocycles. The molecule has 0 saturated heterocycles. The third-order valence-electron chi connectivity index (χ3n) is 7.30. The molecular formula is C30H36N4O7. The molecule has 4 rings (SSSR count). The number of aromatic nitrogens is 1. The summed E-state index contributed by atoms with van der Waals surface area (Å²) in [7, 11) is 4.64. The molecule has 41 heavy (non-hydrogen) atoms. The van der Waals surface area contributed by atoms with Crippen LogP contribution in [0.1, 0.15) is 54.5 Å². The number of nitrogens with one attached hydrogen (secondary N) is 3. The van der Waals surface area contributed by atoms with E-state index >= 15 is 0 Å². The van der Waals surface area contributed by atoms with E-state index in [0.29, 0.717) is 52.7 Å². The van der Waals surface area contributed by atoms with Crippen LogP contribution in [-0.2, 0) is 22.6 Å². The van der Waals surface area contributed by atoms with E-state index in [4.69, 9.17) is 18.7 Å². The maximum absolute atomic E-state index is 13.5. The van der Waals surface area contributed by atoms with E-state index in [-0.39, 0.29) is 29.5 Å². The van der Waals surface area contributed by atoms with Gasteiger partial charge in [0.25, 0.3) is 0 Å². The minimum Gasteiger partial charge on any atom is -0.493 e. The standard InChI is InChI=1S/C30H36N4O7/c1-15-22(17(3)41-34-15)14-31-30(37)16(2)32-24-11-9-20-21(13-25(24)36)23(33-18(4)35)10-8-19-12-26(38-5)28(39-6)29(40-7)27(19)20/h9,11-13,16,23H,8,10,14H2,1-7H3,(H,31,37)(H,32,36)(H,33,35)/t16-,23-/m0/s1. The van der Waals surface area contributed by atoms with Gasteiger partial charge in [-0.3, -0.25) is 14.4 Å². The first-order chi connectivity index (χ1) is 19.6. The van der Waals surface area contributed by atoms with E-state index in [2.05, 4.69) is 21.1 Å². The second-order valence-corrected chi connectivity index (χ2v) is 9.98. The highest BCUT2D eigenvalue weighted by atomic mass is 16.5. The van der Waals surface area contributed by atoms with Crippen molar-refractivity contribution in [1.29, 1.82) is 0 Å². The number of amides is 2. The van der Waals surface area contributed by atoms with Crippen molar-refractivity contribution < 1.29 is 28.3 Å². The molecule has 0 spiro atoms. The number of methoxy groups -OCH3 is 3. The number of carbonyl (C=O) groups excluding carboxylic acids is 2. The fourth-order valence-electron chi connectivity index (χ4n) is 5.21. The number of ether oxygens (including phenoxy) is 3. The van der Waals surface area contributed by atoms with Crippen molar-refractivity contribution >= 4 is 17.5 Å². The second kappa shape index (κ2) is 12.3. The van der Waals surface area contributed by atoms with Gasteiger partial charge in [-0.05, 0) is 68.5 Å².